The maximum absolute atomic E-state index is 11.2. The lowest BCUT2D eigenvalue weighted by molar-refractivity contribution is 0.0698. The summed E-state index contributed by atoms with van der Waals surface area (Å²) in [4.78, 5) is 11.2. The molecule has 0 aliphatic heterocycles. The Hall–Kier alpha value is -1.81. The van der Waals surface area contributed by atoms with Crippen LogP contribution in [-0.4, -0.2) is 28.9 Å². The number of aromatic nitrogens is 1. The van der Waals surface area contributed by atoms with Gasteiger partial charge in [-0.2, -0.15) is 0 Å². The maximum Gasteiger partial charge on any atom is 0.337 e. The fourth-order valence-corrected chi connectivity index (χ4v) is 2.08. The number of ether oxygens (including phenoxy) is 1. The number of carboxylic acids is 1. The number of nitrogens with zero attached hydrogens (tertiary/aromatic N) is 1. The first-order valence-corrected chi connectivity index (χ1v) is 6.48. The van der Waals surface area contributed by atoms with Crippen molar-refractivity contribution in [2.75, 3.05) is 13.2 Å². The third-order valence-electron chi connectivity index (χ3n) is 2.95. The van der Waals surface area contributed by atoms with Gasteiger partial charge in [-0.15, -0.1) is 0 Å². The van der Waals surface area contributed by atoms with E-state index in [-0.39, 0.29) is 0 Å². The second kappa shape index (κ2) is 5.89. The van der Waals surface area contributed by atoms with Crippen molar-refractivity contribution in [1.82, 2.24) is 4.57 Å². The Labute approximate surface area is 112 Å². The van der Waals surface area contributed by atoms with Crippen LogP contribution in [0.5, 0.6) is 0 Å². The second-order valence-electron chi connectivity index (χ2n) is 5.03. The molecule has 0 saturated heterocycles. The van der Waals surface area contributed by atoms with Gasteiger partial charge in [-0.1, -0.05) is 32.0 Å². The van der Waals surface area contributed by atoms with E-state index in [1.165, 1.54) is 0 Å². The number of benzene rings is 1. The van der Waals surface area contributed by atoms with Crippen molar-refractivity contribution in [3.63, 3.8) is 0 Å². The minimum absolute atomic E-state index is 0.347. The molecule has 4 nitrogen and oxygen atoms in total. The number of para-hydroxylation sites is 1. The molecule has 0 aliphatic rings. The van der Waals surface area contributed by atoms with Gasteiger partial charge in [0.2, 0.25) is 0 Å². The van der Waals surface area contributed by atoms with Gasteiger partial charge in [0.05, 0.1) is 12.2 Å². The van der Waals surface area contributed by atoms with E-state index < -0.39 is 5.97 Å². The summed E-state index contributed by atoms with van der Waals surface area (Å²) in [5.74, 6) is -0.381. The van der Waals surface area contributed by atoms with Gasteiger partial charge >= 0.3 is 5.97 Å². The first kappa shape index (κ1) is 13.6. The molecule has 1 aromatic carbocycles. The van der Waals surface area contributed by atoms with Crippen LogP contribution in [0, 0.1) is 5.92 Å². The molecule has 0 bridgehead atoms. The van der Waals surface area contributed by atoms with Crippen LogP contribution in [0.4, 0.5) is 0 Å². The monoisotopic (exact) mass is 261 g/mol. The fraction of sp³-hybridized carbons (Fsp3) is 0.400. The summed E-state index contributed by atoms with van der Waals surface area (Å²) in [6.07, 6.45) is 1.69. The number of aromatic carboxylic acids is 1. The van der Waals surface area contributed by atoms with E-state index in [2.05, 4.69) is 13.8 Å². The predicted octanol–water partition coefficient (Wildman–Crippen LogP) is 3.01. The SMILES string of the molecule is CC(C)COCCn1cc(C(=O)O)c2ccccc21. The zero-order valence-corrected chi connectivity index (χ0v) is 11.3. The average molecular weight is 261 g/mol. The molecule has 102 valence electrons. The molecule has 0 aliphatic carbocycles. The molecule has 0 amide bonds. The van der Waals surface area contributed by atoms with Crippen molar-refractivity contribution >= 4 is 16.9 Å². The highest BCUT2D eigenvalue weighted by molar-refractivity contribution is 6.03. The first-order chi connectivity index (χ1) is 9.09. The maximum atomic E-state index is 11.2. The molecule has 1 aromatic heterocycles. The summed E-state index contributed by atoms with van der Waals surface area (Å²) in [7, 11) is 0. The molecule has 0 saturated carbocycles. The van der Waals surface area contributed by atoms with E-state index in [4.69, 9.17) is 4.74 Å². The lowest BCUT2D eigenvalue weighted by atomic mass is 10.2. The van der Waals surface area contributed by atoms with Gasteiger partial charge in [-0.25, -0.2) is 4.79 Å². The molecule has 1 heterocycles. The van der Waals surface area contributed by atoms with Gasteiger partial charge in [-0.05, 0) is 12.0 Å². The number of hydrogen-bond acceptors (Lipinski definition) is 2. The second-order valence-corrected chi connectivity index (χ2v) is 5.03. The van der Waals surface area contributed by atoms with Gasteiger partial charge < -0.3 is 14.4 Å². The Morgan fingerprint density at radius 1 is 1.37 bits per heavy atom. The van der Waals surface area contributed by atoms with Gasteiger partial charge in [0.1, 0.15) is 0 Å². The Bertz CT molecular complexity index is 572. The summed E-state index contributed by atoms with van der Waals surface area (Å²) >= 11 is 0. The highest BCUT2D eigenvalue weighted by atomic mass is 16.5. The minimum Gasteiger partial charge on any atom is -0.478 e. The molecule has 19 heavy (non-hydrogen) atoms. The Morgan fingerprint density at radius 3 is 2.79 bits per heavy atom. The van der Waals surface area contributed by atoms with Gasteiger partial charge in [0.15, 0.2) is 0 Å². The van der Waals surface area contributed by atoms with E-state index in [0.29, 0.717) is 24.6 Å². The standard InChI is InChI=1S/C15H19NO3/c1-11(2)10-19-8-7-16-9-13(15(17)18)12-5-3-4-6-14(12)16/h3-6,9,11H,7-8,10H2,1-2H3,(H,17,18). The fourth-order valence-electron chi connectivity index (χ4n) is 2.08. The molecule has 0 atom stereocenters. The average Bonchev–Trinajstić information content (AvgIpc) is 2.74. The number of carbonyl (C=O) groups is 1. The van der Waals surface area contributed by atoms with Crippen LogP contribution in [0.2, 0.25) is 0 Å². The Kier molecular flexibility index (Phi) is 4.22. The van der Waals surface area contributed by atoms with E-state index in [1.807, 2.05) is 28.8 Å². The number of carboxylic acid groups (broad SMARTS) is 1. The summed E-state index contributed by atoms with van der Waals surface area (Å²) in [6, 6.07) is 7.54. The Morgan fingerprint density at radius 2 is 2.11 bits per heavy atom. The van der Waals surface area contributed by atoms with Crippen LogP contribution in [0.1, 0.15) is 24.2 Å². The van der Waals surface area contributed by atoms with Crippen molar-refractivity contribution < 1.29 is 14.6 Å². The van der Waals surface area contributed by atoms with Crippen molar-refractivity contribution in [3.05, 3.63) is 36.0 Å². The molecular weight excluding hydrogens is 242 g/mol. The normalized spacial score (nSPS) is 11.3. The number of hydrogen-bond donors (Lipinski definition) is 1. The lowest BCUT2D eigenvalue weighted by Crippen LogP contribution is -2.08. The van der Waals surface area contributed by atoms with Crippen LogP contribution >= 0.6 is 0 Å². The number of fused-ring (bicyclic) bond motifs is 1. The highest BCUT2D eigenvalue weighted by Crippen LogP contribution is 2.21. The number of rotatable bonds is 6. The van der Waals surface area contributed by atoms with Crippen molar-refractivity contribution in [1.29, 1.82) is 0 Å². The zero-order valence-electron chi connectivity index (χ0n) is 11.3. The van der Waals surface area contributed by atoms with Crippen LogP contribution in [-0.2, 0) is 11.3 Å². The van der Waals surface area contributed by atoms with Crippen molar-refractivity contribution in [2.24, 2.45) is 5.92 Å². The van der Waals surface area contributed by atoms with Crippen molar-refractivity contribution in [2.45, 2.75) is 20.4 Å². The molecule has 1 N–H and O–H groups in total. The van der Waals surface area contributed by atoms with Crippen LogP contribution < -0.4 is 0 Å². The molecule has 0 radical (unpaired) electrons. The van der Waals surface area contributed by atoms with E-state index in [0.717, 1.165) is 17.5 Å². The molecule has 2 rings (SSSR count). The molecule has 0 spiro atoms. The summed E-state index contributed by atoms with van der Waals surface area (Å²) in [5, 5.41) is 9.97. The van der Waals surface area contributed by atoms with Crippen LogP contribution in [0.3, 0.4) is 0 Å². The third-order valence-corrected chi connectivity index (χ3v) is 2.95. The topological polar surface area (TPSA) is 51.5 Å². The van der Waals surface area contributed by atoms with E-state index >= 15 is 0 Å². The Balaban J connectivity index is 2.16. The molecule has 4 heteroatoms. The largest absolute Gasteiger partial charge is 0.478 e. The van der Waals surface area contributed by atoms with Gasteiger partial charge in [-0.3, -0.25) is 0 Å². The minimum atomic E-state index is -0.891. The third kappa shape index (κ3) is 3.15. The summed E-state index contributed by atoms with van der Waals surface area (Å²) in [5.41, 5.74) is 1.28. The highest BCUT2D eigenvalue weighted by Gasteiger charge is 2.13. The molecule has 2 aromatic rings. The van der Waals surface area contributed by atoms with Crippen LogP contribution in [0.25, 0.3) is 10.9 Å². The van der Waals surface area contributed by atoms with Crippen LogP contribution in [0.15, 0.2) is 30.5 Å². The van der Waals surface area contributed by atoms with Gasteiger partial charge in [0.25, 0.3) is 0 Å². The lowest BCUT2D eigenvalue weighted by Gasteiger charge is -2.08. The van der Waals surface area contributed by atoms with E-state index in [9.17, 15) is 9.90 Å². The molecule has 0 unspecified atom stereocenters. The van der Waals surface area contributed by atoms with Crippen molar-refractivity contribution in [3.8, 4) is 0 Å². The summed E-state index contributed by atoms with van der Waals surface area (Å²) in [6.45, 7) is 6.20. The quantitative estimate of drug-likeness (QED) is 0.813. The predicted molar refractivity (Wildman–Crippen MR) is 74.6 cm³/mol. The van der Waals surface area contributed by atoms with Gasteiger partial charge in [0, 0.05) is 30.3 Å². The summed E-state index contributed by atoms with van der Waals surface area (Å²) < 4.78 is 7.49. The smallest absolute Gasteiger partial charge is 0.337 e. The zero-order chi connectivity index (χ0) is 13.8. The molecular formula is C15H19NO3. The van der Waals surface area contributed by atoms with E-state index in [1.54, 1.807) is 6.20 Å². The molecule has 0 fully saturated rings. The first-order valence-electron chi connectivity index (χ1n) is 6.48.